The van der Waals surface area contributed by atoms with E-state index in [-0.39, 0.29) is 18.4 Å². The van der Waals surface area contributed by atoms with E-state index >= 15 is 0 Å². The Morgan fingerprint density at radius 3 is 2.59 bits per heavy atom. The van der Waals surface area contributed by atoms with Gasteiger partial charge in [-0.05, 0) is 30.7 Å². The quantitative estimate of drug-likeness (QED) is 0.265. The van der Waals surface area contributed by atoms with Gasteiger partial charge in [-0.15, -0.1) is 0 Å². The van der Waals surface area contributed by atoms with E-state index in [1.54, 1.807) is 0 Å². The predicted octanol–water partition coefficient (Wildman–Crippen LogP) is 1.65. The number of nitrogens with two attached hydrogens (primary N) is 1. The zero-order valence-electron chi connectivity index (χ0n) is 13.5. The van der Waals surface area contributed by atoms with E-state index in [2.05, 4.69) is 19.3 Å². The molecule has 0 heterocycles. The highest BCUT2D eigenvalue weighted by molar-refractivity contribution is 5.78. The molecule has 0 fully saturated rings. The fourth-order valence-corrected chi connectivity index (χ4v) is 2.23. The summed E-state index contributed by atoms with van der Waals surface area (Å²) < 4.78 is 5.46. The van der Waals surface area contributed by atoms with Gasteiger partial charge < -0.3 is 9.84 Å². The van der Waals surface area contributed by atoms with Crippen LogP contribution < -0.4 is 11.3 Å². The van der Waals surface area contributed by atoms with Gasteiger partial charge in [0, 0.05) is 12.5 Å². The highest BCUT2D eigenvalue weighted by atomic mass is 16.5. The third-order valence-electron chi connectivity index (χ3n) is 3.54. The molecule has 0 unspecified atom stereocenters. The Bertz CT molecular complexity index is 423. The van der Waals surface area contributed by atoms with Gasteiger partial charge in [0.2, 0.25) is 5.91 Å². The third-order valence-corrected chi connectivity index (χ3v) is 3.54. The van der Waals surface area contributed by atoms with Crippen molar-refractivity contribution in [3.05, 3.63) is 35.9 Å². The summed E-state index contributed by atoms with van der Waals surface area (Å²) in [5.41, 5.74) is 3.23. The predicted molar refractivity (Wildman–Crippen MR) is 86.9 cm³/mol. The van der Waals surface area contributed by atoms with E-state index in [0.717, 1.165) is 12.0 Å². The Labute approximate surface area is 132 Å². The van der Waals surface area contributed by atoms with Crippen LogP contribution in [0.4, 0.5) is 0 Å². The molecule has 5 heteroatoms. The number of nitrogens with one attached hydrogen (secondary N) is 1. The van der Waals surface area contributed by atoms with Gasteiger partial charge in [-0.1, -0.05) is 44.2 Å². The topological polar surface area (TPSA) is 84.6 Å². The van der Waals surface area contributed by atoms with Gasteiger partial charge in [0.05, 0.1) is 12.7 Å². The number of aliphatic hydroxyl groups is 1. The number of benzene rings is 1. The van der Waals surface area contributed by atoms with E-state index in [1.807, 2.05) is 30.3 Å². The number of hydrogen-bond acceptors (Lipinski definition) is 4. The minimum atomic E-state index is -0.668. The van der Waals surface area contributed by atoms with Crippen LogP contribution >= 0.6 is 0 Å². The van der Waals surface area contributed by atoms with E-state index in [1.165, 1.54) is 0 Å². The molecule has 1 amide bonds. The van der Waals surface area contributed by atoms with Gasteiger partial charge in [-0.3, -0.25) is 10.2 Å². The van der Waals surface area contributed by atoms with Crippen molar-refractivity contribution in [1.82, 2.24) is 5.43 Å². The molecule has 2 atom stereocenters. The van der Waals surface area contributed by atoms with Gasteiger partial charge in [-0.2, -0.15) is 0 Å². The van der Waals surface area contributed by atoms with E-state index < -0.39 is 6.10 Å². The van der Waals surface area contributed by atoms with Crippen molar-refractivity contribution >= 4 is 5.91 Å². The van der Waals surface area contributed by atoms with Crippen molar-refractivity contribution < 1.29 is 14.6 Å². The second-order valence-electron chi connectivity index (χ2n) is 6.04. The van der Waals surface area contributed by atoms with Crippen LogP contribution in [-0.4, -0.2) is 30.3 Å². The first-order chi connectivity index (χ1) is 10.5. The fraction of sp³-hybridized carbons (Fsp3) is 0.588. The van der Waals surface area contributed by atoms with Crippen molar-refractivity contribution in [2.75, 3.05) is 13.2 Å². The fourth-order valence-electron chi connectivity index (χ4n) is 2.23. The molecule has 0 aliphatic carbocycles. The van der Waals surface area contributed by atoms with Crippen LogP contribution in [-0.2, 0) is 16.0 Å². The molecule has 0 aliphatic rings. The van der Waals surface area contributed by atoms with Crippen LogP contribution in [0.15, 0.2) is 30.3 Å². The standard InChI is InChI=1S/C17H28N2O3/c1-13(2)8-9-22-12-16(20)11-15(17(21)19-18)10-14-6-4-3-5-7-14/h3-7,13,15-16,20H,8-12,18H2,1-2H3,(H,19,21)/t15-,16+/m0/s1. The molecular weight excluding hydrogens is 280 g/mol. The summed E-state index contributed by atoms with van der Waals surface area (Å²) in [5.74, 6) is 5.20. The molecule has 22 heavy (non-hydrogen) atoms. The normalized spacial score (nSPS) is 13.9. The first-order valence-corrected chi connectivity index (χ1v) is 7.83. The zero-order valence-corrected chi connectivity index (χ0v) is 13.5. The van der Waals surface area contributed by atoms with E-state index in [0.29, 0.717) is 25.4 Å². The van der Waals surface area contributed by atoms with Crippen LogP contribution in [0.25, 0.3) is 0 Å². The van der Waals surface area contributed by atoms with Crippen molar-refractivity contribution in [2.45, 2.75) is 39.2 Å². The SMILES string of the molecule is CC(C)CCOC[C@H](O)C[C@H](Cc1ccccc1)C(=O)NN. The van der Waals surface area contributed by atoms with Crippen molar-refractivity contribution in [2.24, 2.45) is 17.7 Å². The van der Waals surface area contributed by atoms with Gasteiger partial charge in [0.1, 0.15) is 0 Å². The lowest BCUT2D eigenvalue weighted by molar-refractivity contribution is -0.126. The smallest absolute Gasteiger partial charge is 0.237 e. The van der Waals surface area contributed by atoms with Crippen molar-refractivity contribution in [3.8, 4) is 0 Å². The lowest BCUT2D eigenvalue weighted by atomic mass is 9.93. The molecule has 0 aliphatic heterocycles. The average molecular weight is 308 g/mol. The molecule has 0 bridgehead atoms. The molecule has 1 aromatic rings. The molecule has 0 radical (unpaired) electrons. The van der Waals surface area contributed by atoms with Crippen LogP contribution in [0.1, 0.15) is 32.3 Å². The Balaban J connectivity index is 2.45. The molecule has 1 aromatic carbocycles. The number of amides is 1. The maximum atomic E-state index is 11.9. The van der Waals surface area contributed by atoms with Gasteiger partial charge in [-0.25, -0.2) is 5.84 Å². The zero-order chi connectivity index (χ0) is 16.4. The first kappa shape index (κ1) is 18.6. The van der Waals surface area contributed by atoms with E-state index in [9.17, 15) is 9.90 Å². The number of aliphatic hydroxyl groups excluding tert-OH is 1. The summed E-state index contributed by atoms with van der Waals surface area (Å²) >= 11 is 0. The molecular formula is C17H28N2O3. The third kappa shape index (κ3) is 7.54. The number of rotatable bonds is 10. The number of hydrazine groups is 1. The Morgan fingerprint density at radius 1 is 1.32 bits per heavy atom. The number of ether oxygens (including phenoxy) is 1. The Morgan fingerprint density at radius 2 is 2.00 bits per heavy atom. The maximum absolute atomic E-state index is 11.9. The Kier molecular flexibility index (Phi) is 8.74. The highest BCUT2D eigenvalue weighted by Gasteiger charge is 2.22. The summed E-state index contributed by atoms with van der Waals surface area (Å²) in [6, 6.07) is 9.71. The largest absolute Gasteiger partial charge is 0.391 e. The molecule has 0 saturated heterocycles. The van der Waals surface area contributed by atoms with Crippen LogP contribution in [0.2, 0.25) is 0 Å². The molecule has 0 aromatic heterocycles. The summed E-state index contributed by atoms with van der Waals surface area (Å²) in [7, 11) is 0. The minimum absolute atomic E-state index is 0.246. The second-order valence-corrected chi connectivity index (χ2v) is 6.04. The van der Waals surface area contributed by atoms with Crippen molar-refractivity contribution in [3.63, 3.8) is 0 Å². The van der Waals surface area contributed by atoms with Crippen molar-refractivity contribution in [1.29, 1.82) is 0 Å². The second kappa shape index (κ2) is 10.3. The van der Waals surface area contributed by atoms with Crippen LogP contribution in [0.5, 0.6) is 0 Å². The van der Waals surface area contributed by atoms with Gasteiger partial charge in [0.25, 0.3) is 0 Å². The summed E-state index contributed by atoms with van der Waals surface area (Å²) in [4.78, 5) is 11.9. The van der Waals surface area contributed by atoms with Crippen LogP contribution in [0, 0.1) is 11.8 Å². The van der Waals surface area contributed by atoms with Crippen LogP contribution in [0.3, 0.4) is 0 Å². The number of carbonyl (C=O) groups is 1. The minimum Gasteiger partial charge on any atom is -0.391 e. The van der Waals surface area contributed by atoms with Gasteiger partial charge in [0.15, 0.2) is 0 Å². The molecule has 5 nitrogen and oxygen atoms in total. The Hall–Kier alpha value is -1.43. The lowest BCUT2D eigenvalue weighted by Gasteiger charge is -2.19. The maximum Gasteiger partial charge on any atom is 0.237 e. The van der Waals surface area contributed by atoms with Gasteiger partial charge >= 0.3 is 0 Å². The summed E-state index contributed by atoms with van der Waals surface area (Å²) in [6.07, 6.45) is 1.17. The monoisotopic (exact) mass is 308 g/mol. The molecule has 1 rings (SSSR count). The summed E-state index contributed by atoms with van der Waals surface area (Å²) in [5, 5.41) is 10.1. The highest BCUT2D eigenvalue weighted by Crippen LogP contribution is 2.15. The lowest BCUT2D eigenvalue weighted by Crippen LogP contribution is -2.39. The summed E-state index contributed by atoms with van der Waals surface area (Å²) in [6.45, 7) is 5.12. The molecule has 124 valence electrons. The first-order valence-electron chi connectivity index (χ1n) is 7.83. The van der Waals surface area contributed by atoms with E-state index in [4.69, 9.17) is 10.6 Å². The molecule has 0 saturated carbocycles. The molecule has 4 N–H and O–H groups in total. The average Bonchev–Trinajstić information content (AvgIpc) is 2.51. The number of carbonyl (C=O) groups excluding carboxylic acids is 1. The molecule has 0 spiro atoms. The number of hydrogen-bond donors (Lipinski definition) is 3.